The Labute approximate surface area is 203 Å². The molecule has 1 saturated carbocycles. The standard InChI is InChI=1S/C28H38N4O2/c1-19-9-7-12-22(17-19)24-18-23(14-15-30-24)25-13-8-16-32(25)28(34)26(21-10-5-4-6-11-21)31-27(33)20(2)29-3/h7,9,12,14-15,17-18,20-21,25-26,29H,4-6,8,10-11,13,16H2,1-3H3,(H,31,33). The monoisotopic (exact) mass is 462 g/mol. The quantitative estimate of drug-likeness (QED) is 0.640. The second-order valence-electron chi connectivity index (χ2n) is 9.93. The first-order valence-electron chi connectivity index (χ1n) is 12.8. The van der Waals surface area contributed by atoms with Crippen molar-refractivity contribution < 1.29 is 9.59 Å². The van der Waals surface area contributed by atoms with E-state index in [1.165, 1.54) is 12.0 Å². The SMILES string of the molecule is CNC(C)C(=O)NC(C(=O)N1CCCC1c1ccnc(-c2cccc(C)c2)c1)C1CCCCC1. The van der Waals surface area contributed by atoms with E-state index in [4.69, 9.17) is 0 Å². The van der Waals surface area contributed by atoms with Crippen LogP contribution in [0.1, 0.15) is 69.0 Å². The molecular weight excluding hydrogens is 424 g/mol. The minimum atomic E-state index is -0.456. The molecule has 2 amide bonds. The summed E-state index contributed by atoms with van der Waals surface area (Å²) in [7, 11) is 1.77. The Bertz CT molecular complexity index is 1000. The molecule has 1 saturated heterocycles. The number of carbonyl (C=O) groups is 2. The number of likely N-dealkylation sites (tertiary alicyclic amines) is 1. The van der Waals surface area contributed by atoms with E-state index >= 15 is 0 Å². The number of nitrogens with one attached hydrogen (secondary N) is 2. The van der Waals surface area contributed by atoms with Gasteiger partial charge in [-0.15, -0.1) is 0 Å². The fourth-order valence-electron chi connectivity index (χ4n) is 5.43. The second-order valence-corrected chi connectivity index (χ2v) is 9.93. The van der Waals surface area contributed by atoms with Crippen molar-refractivity contribution in [3.8, 4) is 11.3 Å². The number of hydrogen-bond acceptors (Lipinski definition) is 4. The van der Waals surface area contributed by atoms with E-state index in [2.05, 4.69) is 46.8 Å². The summed E-state index contributed by atoms with van der Waals surface area (Å²) < 4.78 is 0. The zero-order valence-corrected chi connectivity index (χ0v) is 20.7. The van der Waals surface area contributed by atoms with Crippen molar-refractivity contribution in [1.29, 1.82) is 0 Å². The molecule has 2 fully saturated rings. The summed E-state index contributed by atoms with van der Waals surface area (Å²) in [5, 5.41) is 6.12. The highest BCUT2D eigenvalue weighted by Gasteiger charge is 2.39. The van der Waals surface area contributed by atoms with Crippen molar-refractivity contribution in [2.45, 2.75) is 76.9 Å². The second kappa shape index (κ2) is 11.1. The van der Waals surface area contributed by atoms with Crippen LogP contribution in [0.5, 0.6) is 0 Å². The van der Waals surface area contributed by atoms with E-state index in [0.29, 0.717) is 0 Å². The summed E-state index contributed by atoms with van der Waals surface area (Å²) in [6.45, 7) is 4.64. The van der Waals surface area contributed by atoms with Crippen LogP contribution in [-0.4, -0.2) is 47.4 Å². The highest BCUT2D eigenvalue weighted by molar-refractivity contribution is 5.90. The number of amides is 2. The van der Waals surface area contributed by atoms with Gasteiger partial charge in [-0.05, 0) is 76.3 Å². The molecule has 3 atom stereocenters. The fraction of sp³-hybridized carbons (Fsp3) is 0.536. The smallest absolute Gasteiger partial charge is 0.245 e. The molecule has 4 rings (SSSR count). The van der Waals surface area contributed by atoms with Crippen LogP contribution in [0, 0.1) is 12.8 Å². The topological polar surface area (TPSA) is 74.3 Å². The Balaban J connectivity index is 1.58. The highest BCUT2D eigenvalue weighted by atomic mass is 16.2. The third kappa shape index (κ3) is 5.49. The van der Waals surface area contributed by atoms with Gasteiger partial charge in [-0.3, -0.25) is 14.6 Å². The largest absolute Gasteiger partial charge is 0.343 e. The first kappa shape index (κ1) is 24.4. The van der Waals surface area contributed by atoms with Crippen LogP contribution in [0.4, 0.5) is 0 Å². The van der Waals surface area contributed by atoms with Crippen LogP contribution < -0.4 is 10.6 Å². The van der Waals surface area contributed by atoms with E-state index in [-0.39, 0.29) is 29.8 Å². The molecule has 1 aromatic heterocycles. The van der Waals surface area contributed by atoms with Crippen molar-refractivity contribution >= 4 is 11.8 Å². The summed E-state index contributed by atoms with van der Waals surface area (Å²) in [4.78, 5) is 33.3. The molecule has 1 aliphatic heterocycles. The Kier molecular flexibility index (Phi) is 7.99. The number of rotatable bonds is 7. The molecule has 34 heavy (non-hydrogen) atoms. The first-order valence-corrected chi connectivity index (χ1v) is 12.8. The number of aromatic nitrogens is 1. The summed E-state index contributed by atoms with van der Waals surface area (Å²) >= 11 is 0. The van der Waals surface area contributed by atoms with Crippen LogP contribution in [-0.2, 0) is 9.59 Å². The zero-order valence-electron chi connectivity index (χ0n) is 20.7. The van der Waals surface area contributed by atoms with Crippen LogP contribution in [0.25, 0.3) is 11.3 Å². The Morgan fingerprint density at radius 1 is 1.06 bits per heavy atom. The van der Waals surface area contributed by atoms with Gasteiger partial charge in [0.25, 0.3) is 0 Å². The number of benzene rings is 1. The molecular formula is C28H38N4O2. The van der Waals surface area contributed by atoms with Gasteiger partial charge in [-0.2, -0.15) is 0 Å². The predicted molar refractivity (Wildman–Crippen MR) is 135 cm³/mol. The lowest BCUT2D eigenvalue weighted by molar-refractivity contribution is -0.139. The van der Waals surface area contributed by atoms with Crippen molar-refractivity contribution in [2.75, 3.05) is 13.6 Å². The van der Waals surface area contributed by atoms with Crippen molar-refractivity contribution in [3.63, 3.8) is 0 Å². The van der Waals surface area contributed by atoms with Crippen LogP contribution in [0.15, 0.2) is 42.6 Å². The molecule has 3 unspecified atom stereocenters. The minimum absolute atomic E-state index is 0.0174. The third-order valence-electron chi connectivity index (χ3n) is 7.53. The highest BCUT2D eigenvalue weighted by Crippen LogP contribution is 2.36. The van der Waals surface area contributed by atoms with Gasteiger partial charge in [0.1, 0.15) is 6.04 Å². The molecule has 0 bridgehead atoms. The van der Waals surface area contributed by atoms with E-state index < -0.39 is 6.04 Å². The maximum absolute atomic E-state index is 13.9. The van der Waals surface area contributed by atoms with Gasteiger partial charge in [0, 0.05) is 18.3 Å². The number of carbonyl (C=O) groups excluding carboxylic acids is 2. The van der Waals surface area contributed by atoms with Gasteiger partial charge < -0.3 is 15.5 Å². The van der Waals surface area contributed by atoms with Crippen LogP contribution in [0.2, 0.25) is 0 Å². The van der Waals surface area contributed by atoms with Gasteiger partial charge in [0.15, 0.2) is 0 Å². The van der Waals surface area contributed by atoms with Gasteiger partial charge >= 0.3 is 0 Å². The molecule has 0 radical (unpaired) electrons. The van der Waals surface area contributed by atoms with Crippen molar-refractivity contribution in [2.24, 2.45) is 5.92 Å². The number of aryl methyl sites for hydroxylation is 1. The molecule has 6 heteroatoms. The fourth-order valence-corrected chi connectivity index (χ4v) is 5.43. The number of pyridine rings is 1. The van der Waals surface area contributed by atoms with Gasteiger partial charge in [-0.25, -0.2) is 0 Å². The molecule has 2 heterocycles. The lowest BCUT2D eigenvalue weighted by Crippen LogP contribution is -2.55. The Hall–Kier alpha value is -2.73. The molecule has 1 aliphatic carbocycles. The van der Waals surface area contributed by atoms with Crippen molar-refractivity contribution in [1.82, 2.24) is 20.5 Å². The van der Waals surface area contributed by atoms with Gasteiger partial charge in [-0.1, -0.05) is 43.0 Å². The zero-order chi connectivity index (χ0) is 24.1. The number of nitrogens with zero attached hydrogens (tertiary/aromatic N) is 2. The van der Waals surface area contributed by atoms with Gasteiger partial charge in [0.05, 0.1) is 17.8 Å². The van der Waals surface area contributed by atoms with Crippen molar-refractivity contribution in [3.05, 3.63) is 53.7 Å². The Morgan fingerprint density at radius 3 is 2.59 bits per heavy atom. The summed E-state index contributed by atoms with van der Waals surface area (Å²) in [6, 6.07) is 11.7. The van der Waals surface area contributed by atoms with E-state index in [0.717, 1.165) is 61.9 Å². The molecule has 1 aromatic carbocycles. The number of likely N-dealkylation sites (N-methyl/N-ethyl adjacent to an activating group) is 1. The number of hydrogen-bond donors (Lipinski definition) is 2. The lowest BCUT2D eigenvalue weighted by atomic mass is 9.83. The van der Waals surface area contributed by atoms with Crippen LogP contribution in [0.3, 0.4) is 0 Å². The van der Waals surface area contributed by atoms with Crippen LogP contribution >= 0.6 is 0 Å². The van der Waals surface area contributed by atoms with E-state index in [1.54, 1.807) is 7.05 Å². The average Bonchev–Trinajstić information content (AvgIpc) is 3.37. The predicted octanol–water partition coefficient (Wildman–Crippen LogP) is 4.39. The summed E-state index contributed by atoms with van der Waals surface area (Å²) in [5.41, 5.74) is 4.34. The molecule has 0 spiro atoms. The maximum Gasteiger partial charge on any atom is 0.245 e. The summed E-state index contributed by atoms with van der Waals surface area (Å²) in [6.07, 6.45) is 9.20. The van der Waals surface area contributed by atoms with E-state index in [9.17, 15) is 9.59 Å². The van der Waals surface area contributed by atoms with E-state index in [1.807, 2.05) is 30.2 Å². The summed E-state index contributed by atoms with van der Waals surface area (Å²) in [5.74, 6) is 0.170. The normalized spacial score (nSPS) is 20.7. The minimum Gasteiger partial charge on any atom is -0.343 e. The Morgan fingerprint density at radius 2 is 1.85 bits per heavy atom. The maximum atomic E-state index is 13.9. The lowest BCUT2D eigenvalue weighted by Gasteiger charge is -2.35. The molecule has 2 aliphatic rings. The molecule has 2 aromatic rings. The average molecular weight is 463 g/mol. The molecule has 6 nitrogen and oxygen atoms in total. The first-order chi connectivity index (χ1) is 16.5. The van der Waals surface area contributed by atoms with Gasteiger partial charge in [0.2, 0.25) is 11.8 Å². The third-order valence-corrected chi connectivity index (χ3v) is 7.53. The molecule has 182 valence electrons. The molecule has 2 N–H and O–H groups in total.